The van der Waals surface area contributed by atoms with Crippen LogP contribution in [0.3, 0.4) is 0 Å². The minimum absolute atomic E-state index is 0.225. The molecule has 1 aliphatic rings. The summed E-state index contributed by atoms with van der Waals surface area (Å²) in [6.07, 6.45) is 6.13. The smallest absolute Gasteiger partial charge is 0.309 e. The zero-order valence-electron chi connectivity index (χ0n) is 21.4. The molecule has 0 spiro atoms. The molecule has 1 aliphatic heterocycles. The van der Waals surface area contributed by atoms with E-state index in [1.54, 1.807) is 32.1 Å². The average Bonchev–Trinajstić information content (AvgIpc) is 3.18. The van der Waals surface area contributed by atoms with Gasteiger partial charge < -0.3 is 14.9 Å². The second kappa shape index (κ2) is 12.0. The first-order valence-corrected chi connectivity index (χ1v) is 12.7. The molecule has 0 aliphatic carbocycles. The number of hydrogen-bond acceptors (Lipinski definition) is 7. The molecule has 2 heterocycles. The summed E-state index contributed by atoms with van der Waals surface area (Å²) in [4.78, 5) is 30.4. The van der Waals surface area contributed by atoms with E-state index in [1.165, 1.54) is 0 Å². The van der Waals surface area contributed by atoms with E-state index in [-0.39, 0.29) is 18.1 Å². The highest BCUT2D eigenvalue weighted by Gasteiger charge is 2.42. The van der Waals surface area contributed by atoms with Gasteiger partial charge in [0, 0.05) is 23.6 Å². The number of nitrogens with zero attached hydrogens (tertiary/aromatic N) is 1. The van der Waals surface area contributed by atoms with E-state index in [0.717, 1.165) is 21.8 Å². The van der Waals surface area contributed by atoms with Crippen molar-refractivity contribution in [1.29, 1.82) is 0 Å². The number of Topliss-reactive ketones (excluding diaryl/α,β-unsaturated/α-hetero) is 1. The Bertz CT molecular complexity index is 958. The highest BCUT2D eigenvalue weighted by molar-refractivity contribution is 7.09. The number of aryl methyl sites for hydroxylation is 1. The minimum atomic E-state index is -1.23. The molecule has 0 aromatic carbocycles. The quantitative estimate of drug-likeness (QED) is 0.446. The van der Waals surface area contributed by atoms with E-state index in [9.17, 15) is 19.8 Å². The summed E-state index contributed by atoms with van der Waals surface area (Å²) in [6, 6.07) is 0. The van der Waals surface area contributed by atoms with Gasteiger partial charge in [-0.1, -0.05) is 51.5 Å². The van der Waals surface area contributed by atoms with Crippen LogP contribution in [0.2, 0.25) is 0 Å². The first-order chi connectivity index (χ1) is 15.8. The van der Waals surface area contributed by atoms with Crippen molar-refractivity contribution in [2.75, 3.05) is 0 Å². The fourth-order valence-corrected chi connectivity index (χ4v) is 4.62. The maximum atomic E-state index is 13.1. The Kier molecular flexibility index (Phi) is 9.97. The third-order valence-electron chi connectivity index (χ3n) is 6.65. The molecule has 0 saturated carbocycles. The van der Waals surface area contributed by atoms with Gasteiger partial charge in [0.25, 0.3) is 0 Å². The van der Waals surface area contributed by atoms with Crippen LogP contribution in [0.15, 0.2) is 34.8 Å². The Hall–Kier alpha value is -2.09. The number of aromatic nitrogens is 1. The lowest BCUT2D eigenvalue weighted by Crippen LogP contribution is -2.45. The van der Waals surface area contributed by atoms with Crippen molar-refractivity contribution >= 4 is 29.2 Å². The molecule has 0 unspecified atom stereocenters. The molecule has 0 radical (unpaired) electrons. The van der Waals surface area contributed by atoms with Gasteiger partial charge in [0.1, 0.15) is 11.9 Å². The zero-order chi connectivity index (χ0) is 25.6. The van der Waals surface area contributed by atoms with Crippen LogP contribution in [0.25, 0.3) is 6.08 Å². The fourth-order valence-electron chi connectivity index (χ4n) is 4.05. The third-order valence-corrected chi connectivity index (χ3v) is 7.44. The molecule has 188 valence electrons. The van der Waals surface area contributed by atoms with Gasteiger partial charge in [-0.25, -0.2) is 4.98 Å². The summed E-state index contributed by atoms with van der Waals surface area (Å²) in [6.45, 7) is 12.6. The second-order valence-electron chi connectivity index (χ2n) is 10.0. The Balaban J connectivity index is 2.37. The third kappa shape index (κ3) is 7.45. The van der Waals surface area contributed by atoms with Crippen molar-refractivity contribution < 1.29 is 24.5 Å². The Morgan fingerprint density at radius 3 is 2.53 bits per heavy atom. The van der Waals surface area contributed by atoms with Crippen molar-refractivity contribution in [2.45, 2.75) is 86.0 Å². The van der Waals surface area contributed by atoms with Gasteiger partial charge in [0.05, 0.1) is 34.7 Å². The van der Waals surface area contributed by atoms with Gasteiger partial charge in [-0.2, -0.15) is 0 Å². The van der Waals surface area contributed by atoms with E-state index >= 15 is 0 Å². The van der Waals surface area contributed by atoms with Crippen LogP contribution in [0.5, 0.6) is 0 Å². The highest BCUT2D eigenvalue weighted by Crippen LogP contribution is 2.31. The lowest BCUT2D eigenvalue weighted by atomic mass is 9.73. The summed E-state index contributed by atoms with van der Waals surface area (Å²) in [7, 11) is 0. The monoisotopic (exact) mass is 489 g/mol. The summed E-state index contributed by atoms with van der Waals surface area (Å²) in [5.41, 5.74) is 1.57. The van der Waals surface area contributed by atoms with E-state index in [2.05, 4.69) is 4.98 Å². The van der Waals surface area contributed by atoms with Crippen LogP contribution in [-0.2, 0) is 14.3 Å². The van der Waals surface area contributed by atoms with Crippen molar-refractivity contribution in [1.82, 2.24) is 4.98 Å². The largest absolute Gasteiger partial charge is 0.457 e. The number of carbonyl (C=O) groups is 2. The van der Waals surface area contributed by atoms with Gasteiger partial charge in [-0.15, -0.1) is 11.3 Å². The van der Waals surface area contributed by atoms with Crippen molar-refractivity contribution in [3.8, 4) is 0 Å². The molecule has 2 N–H and O–H groups in total. The van der Waals surface area contributed by atoms with Crippen LogP contribution in [0.4, 0.5) is 0 Å². The standard InChI is InChI=1S/C27H39NO5S/c1-16-9-8-10-17(2)25(31)19(4)26(32)27(6,7)23(29)14-24(30)33-22(12-11-16)18(3)13-21-15-34-20(5)28-21/h8,10-11,13,15,17,19,22-23,25,29,31H,9,12,14H2,1-7H3/b10-8-,16-11-,18-13?/t17-,19-,22+,23+,25+/m1/s1. The summed E-state index contributed by atoms with van der Waals surface area (Å²) in [5.74, 6) is -1.77. The van der Waals surface area contributed by atoms with Crippen LogP contribution in [0, 0.1) is 24.2 Å². The van der Waals surface area contributed by atoms with Gasteiger partial charge in [0.15, 0.2) is 0 Å². The normalized spacial score (nSPS) is 32.6. The molecule has 34 heavy (non-hydrogen) atoms. The predicted molar refractivity (Wildman–Crippen MR) is 136 cm³/mol. The molecular formula is C27H39NO5S. The molecule has 0 amide bonds. The van der Waals surface area contributed by atoms with Gasteiger partial charge in [-0.05, 0) is 38.8 Å². The van der Waals surface area contributed by atoms with E-state index in [0.29, 0.717) is 12.8 Å². The average molecular weight is 490 g/mol. The molecule has 1 aromatic heterocycles. The fraction of sp³-hybridized carbons (Fsp3) is 0.593. The van der Waals surface area contributed by atoms with Crippen LogP contribution in [0.1, 0.15) is 71.5 Å². The van der Waals surface area contributed by atoms with E-state index < -0.39 is 35.6 Å². The number of cyclic esters (lactones) is 1. The van der Waals surface area contributed by atoms with Crippen LogP contribution >= 0.6 is 11.3 Å². The van der Waals surface area contributed by atoms with Crippen LogP contribution < -0.4 is 0 Å². The predicted octanol–water partition coefficient (Wildman–Crippen LogP) is 5.04. The Morgan fingerprint density at radius 2 is 1.91 bits per heavy atom. The molecular weight excluding hydrogens is 450 g/mol. The number of esters is 1. The maximum absolute atomic E-state index is 13.1. The summed E-state index contributed by atoms with van der Waals surface area (Å²) < 4.78 is 5.79. The Morgan fingerprint density at radius 1 is 1.24 bits per heavy atom. The molecule has 0 saturated heterocycles. The minimum Gasteiger partial charge on any atom is -0.457 e. The van der Waals surface area contributed by atoms with Crippen molar-refractivity contribution in [2.24, 2.45) is 17.3 Å². The van der Waals surface area contributed by atoms with Crippen molar-refractivity contribution in [3.63, 3.8) is 0 Å². The van der Waals surface area contributed by atoms with Gasteiger partial charge >= 0.3 is 5.97 Å². The number of rotatable bonds is 2. The topological polar surface area (TPSA) is 96.7 Å². The number of allylic oxidation sites excluding steroid dienone is 2. The summed E-state index contributed by atoms with van der Waals surface area (Å²) in [5, 5.41) is 24.4. The number of thiazole rings is 1. The lowest BCUT2D eigenvalue weighted by Gasteiger charge is -2.34. The van der Waals surface area contributed by atoms with Crippen LogP contribution in [-0.4, -0.2) is 45.3 Å². The molecule has 2 rings (SSSR count). The number of ether oxygens (including phenoxy) is 1. The molecule has 6 nitrogen and oxygen atoms in total. The maximum Gasteiger partial charge on any atom is 0.309 e. The molecule has 7 heteroatoms. The molecule has 5 atom stereocenters. The molecule has 0 bridgehead atoms. The number of ketones is 1. The van der Waals surface area contributed by atoms with Gasteiger partial charge in [-0.3, -0.25) is 9.59 Å². The van der Waals surface area contributed by atoms with Crippen molar-refractivity contribution in [3.05, 3.63) is 45.5 Å². The number of hydrogen-bond donors (Lipinski definition) is 2. The number of carbonyl (C=O) groups excluding carboxylic acids is 2. The second-order valence-corrected chi connectivity index (χ2v) is 11.1. The molecule has 1 aromatic rings. The number of aliphatic hydroxyl groups excluding tert-OH is 2. The Labute approximate surface area is 207 Å². The van der Waals surface area contributed by atoms with E-state index in [1.807, 2.05) is 57.4 Å². The van der Waals surface area contributed by atoms with Gasteiger partial charge in [0.2, 0.25) is 0 Å². The first-order valence-electron chi connectivity index (χ1n) is 11.9. The highest BCUT2D eigenvalue weighted by atomic mass is 32.1. The summed E-state index contributed by atoms with van der Waals surface area (Å²) >= 11 is 1.56. The molecule has 0 fully saturated rings. The first kappa shape index (κ1) is 28.1. The van der Waals surface area contributed by atoms with E-state index in [4.69, 9.17) is 4.74 Å². The zero-order valence-corrected chi connectivity index (χ0v) is 22.2. The SMILES string of the molecule is CC(=Cc1csc(C)n1)[C@@H]1C/C=C(/C)C/C=C\[C@@H](C)[C@H](O)[C@@H](C)C(=O)C(C)(C)[C@@H](O)CC(=O)O1. The number of aliphatic hydroxyl groups is 2. The lowest BCUT2D eigenvalue weighted by molar-refractivity contribution is -0.154.